The van der Waals surface area contributed by atoms with Crippen molar-refractivity contribution in [2.24, 2.45) is 5.92 Å². The predicted octanol–water partition coefficient (Wildman–Crippen LogP) is -0.362. The molecule has 1 aliphatic heterocycles. The van der Waals surface area contributed by atoms with Crippen molar-refractivity contribution in [1.82, 2.24) is 4.31 Å². The summed E-state index contributed by atoms with van der Waals surface area (Å²) in [6.07, 6.45) is 1.93. The Kier molecular flexibility index (Phi) is 3.17. The van der Waals surface area contributed by atoms with Crippen molar-refractivity contribution in [2.45, 2.75) is 31.3 Å². The molecule has 0 radical (unpaired) electrons. The average Bonchev–Trinajstić information content (AvgIpc) is 2.94. The molecular formula is C10H17NO5S. The molecule has 0 amide bonds. The number of aliphatic hydroxyl groups is 1. The number of sulfonamides is 1. The molecule has 17 heavy (non-hydrogen) atoms. The third kappa shape index (κ3) is 2.78. The molecule has 0 aromatic carbocycles. The number of hydrogen-bond donors (Lipinski definition) is 2. The highest BCUT2D eigenvalue weighted by Gasteiger charge is 2.54. The van der Waals surface area contributed by atoms with E-state index >= 15 is 0 Å². The van der Waals surface area contributed by atoms with E-state index in [1.54, 1.807) is 0 Å². The smallest absolute Gasteiger partial charge is 0.303 e. The Bertz CT molecular complexity index is 408. The summed E-state index contributed by atoms with van der Waals surface area (Å²) in [7, 11) is -3.39. The fourth-order valence-electron chi connectivity index (χ4n) is 2.17. The van der Waals surface area contributed by atoms with Crippen LogP contribution in [0.1, 0.15) is 25.7 Å². The zero-order chi connectivity index (χ0) is 12.7. The van der Waals surface area contributed by atoms with E-state index in [9.17, 15) is 18.3 Å². The Morgan fingerprint density at radius 2 is 1.94 bits per heavy atom. The molecule has 0 aromatic rings. The third-order valence-corrected chi connectivity index (χ3v) is 5.27. The van der Waals surface area contributed by atoms with Crippen molar-refractivity contribution < 1.29 is 23.4 Å². The van der Waals surface area contributed by atoms with Crippen LogP contribution in [0, 0.1) is 5.92 Å². The van der Waals surface area contributed by atoms with Gasteiger partial charge in [-0.3, -0.25) is 4.79 Å². The third-order valence-electron chi connectivity index (χ3n) is 3.42. The van der Waals surface area contributed by atoms with Gasteiger partial charge >= 0.3 is 5.97 Å². The SMILES string of the molecule is O=C(O)CCCS(=O)(=O)N1CC(O)(C2CC2)C1. The van der Waals surface area contributed by atoms with Crippen LogP contribution in [-0.2, 0) is 14.8 Å². The molecule has 1 aliphatic carbocycles. The Hall–Kier alpha value is -0.660. The van der Waals surface area contributed by atoms with Crippen molar-refractivity contribution in [3.05, 3.63) is 0 Å². The van der Waals surface area contributed by atoms with Gasteiger partial charge in [0.15, 0.2) is 0 Å². The van der Waals surface area contributed by atoms with E-state index in [0.29, 0.717) is 0 Å². The van der Waals surface area contributed by atoms with Crippen LogP contribution in [-0.4, -0.2) is 53.3 Å². The molecule has 0 bridgehead atoms. The quantitative estimate of drug-likeness (QED) is 0.682. The topological polar surface area (TPSA) is 94.9 Å². The molecule has 1 saturated heterocycles. The summed E-state index contributed by atoms with van der Waals surface area (Å²) in [5.74, 6) is -0.883. The summed E-state index contributed by atoms with van der Waals surface area (Å²) in [6.45, 7) is 0.347. The number of carboxylic acid groups (broad SMARTS) is 1. The minimum Gasteiger partial charge on any atom is -0.481 e. The van der Waals surface area contributed by atoms with Gasteiger partial charge in [-0.2, -0.15) is 4.31 Å². The number of nitrogens with zero attached hydrogens (tertiary/aromatic N) is 1. The van der Waals surface area contributed by atoms with Gasteiger partial charge < -0.3 is 10.2 Å². The summed E-state index contributed by atoms with van der Waals surface area (Å²) in [5.41, 5.74) is -0.820. The molecule has 2 N–H and O–H groups in total. The molecule has 2 aliphatic rings. The van der Waals surface area contributed by atoms with Crippen LogP contribution in [0.5, 0.6) is 0 Å². The summed E-state index contributed by atoms with van der Waals surface area (Å²) in [6, 6.07) is 0. The van der Waals surface area contributed by atoms with Gasteiger partial charge in [0.05, 0.1) is 11.4 Å². The molecule has 0 spiro atoms. The van der Waals surface area contributed by atoms with Gasteiger partial charge in [0.2, 0.25) is 10.0 Å². The van der Waals surface area contributed by atoms with Crippen molar-refractivity contribution in [3.8, 4) is 0 Å². The van der Waals surface area contributed by atoms with Crippen molar-refractivity contribution in [2.75, 3.05) is 18.8 Å². The summed E-state index contributed by atoms with van der Waals surface area (Å²) in [5, 5.41) is 18.4. The fourth-order valence-corrected chi connectivity index (χ4v) is 3.78. The number of carboxylic acids is 1. The zero-order valence-corrected chi connectivity index (χ0v) is 10.3. The number of hydrogen-bond acceptors (Lipinski definition) is 4. The van der Waals surface area contributed by atoms with Crippen molar-refractivity contribution in [1.29, 1.82) is 0 Å². The van der Waals surface area contributed by atoms with E-state index in [1.165, 1.54) is 4.31 Å². The monoisotopic (exact) mass is 263 g/mol. The molecule has 98 valence electrons. The molecule has 1 heterocycles. The van der Waals surface area contributed by atoms with Gasteiger partial charge in [0, 0.05) is 19.5 Å². The number of β-amino-alcohol motifs (C(OH)–C–C–N with tert-alkyl or cyclic N) is 1. The summed E-state index contributed by atoms with van der Waals surface area (Å²) < 4.78 is 24.8. The largest absolute Gasteiger partial charge is 0.481 e. The first kappa shape index (κ1) is 12.8. The molecule has 0 unspecified atom stereocenters. The van der Waals surface area contributed by atoms with Gasteiger partial charge in [-0.25, -0.2) is 8.42 Å². The van der Waals surface area contributed by atoms with Gasteiger partial charge in [0.25, 0.3) is 0 Å². The number of aliphatic carboxylic acids is 1. The lowest BCUT2D eigenvalue weighted by atomic mass is 9.91. The van der Waals surface area contributed by atoms with Crippen LogP contribution >= 0.6 is 0 Å². The van der Waals surface area contributed by atoms with Gasteiger partial charge in [-0.05, 0) is 25.2 Å². The molecule has 2 fully saturated rings. The van der Waals surface area contributed by atoms with Crippen LogP contribution in [0.25, 0.3) is 0 Å². The van der Waals surface area contributed by atoms with E-state index < -0.39 is 21.6 Å². The molecule has 6 nitrogen and oxygen atoms in total. The minimum absolute atomic E-state index is 0.121. The maximum Gasteiger partial charge on any atom is 0.303 e. The lowest BCUT2D eigenvalue weighted by molar-refractivity contribution is -0.137. The Morgan fingerprint density at radius 1 is 1.35 bits per heavy atom. The van der Waals surface area contributed by atoms with E-state index in [4.69, 9.17) is 5.11 Å². The van der Waals surface area contributed by atoms with Crippen molar-refractivity contribution in [3.63, 3.8) is 0 Å². The molecule has 0 atom stereocenters. The predicted molar refractivity (Wildman–Crippen MR) is 59.9 cm³/mol. The molecule has 0 aromatic heterocycles. The molecule has 2 rings (SSSR count). The second kappa shape index (κ2) is 4.22. The van der Waals surface area contributed by atoms with E-state index in [2.05, 4.69) is 0 Å². The lowest BCUT2D eigenvalue weighted by Crippen LogP contribution is -2.64. The maximum atomic E-state index is 11.7. The first-order chi connectivity index (χ1) is 7.83. The lowest BCUT2D eigenvalue weighted by Gasteiger charge is -2.45. The average molecular weight is 263 g/mol. The van der Waals surface area contributed by atoms with Crippen LogP contribution in [0.15, 0.2) is 0 Å². The van der Waals surface area contributed by atoms with Crippen LogP contribution in [0.3, 0.4) is 0 Å². The highest BCUT2D eigenvalue weighted by molar-refractivity contribution is 7.89. The number of rotatable bonds is 6. The van der Waals surface area contributed by atoms with Gasteiger partial charge in [-0.15, -0.1) is 0 Å². The second-order valence-corrected chi connectivity index (χ2v) is 7.05. The summed E-state index contributed by atoms with van der Waals surface area (Å²) >= 11 is 0. The normalized spacial score (nSPS) is 24.3. The summed E-state index contributed by atoms with van der Waals surface area (Å²) in [4.78, 5) is 10.3. The molecule has 1 saturated carbocycles. The van der Waals surface area contributed by atoms with Gasteiger partial charge in [0.1, 0.15) is 0 Å². The van der Waals surface area contributed by atoms with Crippen LogP contribution in [0.2, 0.25) is 0 Å². The maximum absolute atomic E-state index is 11.7. The molecular weight excluding hydrogens is 246 g/mol. The molecule has 7 heteroatoms. The minimum atomic E-state index is -3.39. The number of carbonyl (C=O) groups is 1. The zero-order valence-electron chi connectivity index (χ0n) is 9.50. The Morgan fingerprint density at radius 3 is 2.41 bits per heavy atom. The second-order valence-electron chi connectivity index (χ2n) is 4.96. The van der Waals surface area contributed by atoms with Crippen LogP contribution in [0.4, 0.5) is 0 Å². The first-order valence-corrected chi connectivity index (χ1v) is 7.36. The highest BCUT2D eigenvalue weighted by Crippen LogP contribution is 2.45. The van der Waals surface area contributed by atoms with Crippen molar-refractivity contribution >= 4 is 16.0 Å². The highest BCUT2D eigenvalue weighted by atomic mass is 32.2. The first-order valence-electron chi connectivity index (χ1n) is 5.75. The van der Waals surface area contributed by atoms with E-state index in [1.807, 2.05) is 0 Å². The van der Waals surface area contributed by atoms with Crippen LogP contribution < -0.4 is 0 Å². The van der Waals surface area contributed by atoms with E-state index in [-0.39, 0.29) is 37.6 Å². The Balaban J connectivity index is 1.80. The Labute approximate surface area is 100 Å². The standard InChI is InChI=1S/C10H17NO5S/c12-9(13)2-1-5-17(15,16)11-6-10(14,7-11)8-3-4-8/h8,14H,1-7H2,(H,12,13). The van der Waals surface area contributed by atoms with E-state index in [0.717, 1.165) is 12.8 Å². The van der Waals surface area contributed by atoms with Gasteiger partial charge in [-0.1, -0.05) is 0 Å². The fraction of sp³-hybridized carbons (Fsp3) is 0.900.